The Kier molecular flexibility index (Phi) is 9.54. The highest BCUT2D eigenvalue weighted by molar-refractivity contribution is 6.39. The summed E-state index contributed by atoms with van der Waals surface area (Å²) >= 11 is 13.9. The highest BCUT2D eigenvalue weighted by Crippen LogP contribution is 2.44. The largest absolute Gasteiger partial charge is 0.481 e. The number of carbonyl (C=O) groups excluding carboxylic acids is 1. The second-order valence-electron chi connectivity index (χ2n) is 11.9. The number of hydrogen-bond donors (Lipinski definition) is 3. The summed E-state index contributed by atoms with van der Waals surface area (Å²) in [6.45, 7) is 2.33. The molecule has 0 radical (unpaired) electrons. The van der Waals surface area contributed by atoms with Crippen molar-refractivity contribution >= 4 is 34.8 Å². The van der Waals surface area contributed by atoms with Gasteiger partial charge in [-0.05, 0) is 43.0 Å². The second-order valence-corrected chi connectivity index (χ2v) is 12.7. The summed E-state index contributed by atoms with van der Waals surface area (Å²) < 4.78 is 13.3. The fraction of sp³-hybridized carbons (Fsp3) is 0.353. The zero-order valence-electron chi connectivity index (χ0n) is 26.2. The smallest absolute Gasteiger partial charge is 0.330 e. The van der Waals surface area contributed by atoms with Crippen LogP contribution in [-0.4, -0.2) is 58.1 Å². The van der Waals surface area contributed by atoms with Gasteiger partial charge in [0.25, 0.3) is 11.5 Å². The first-order chi connectivity index (χ1) is 22.6. The number of anilines is 1. The second kappa shape index (κ2) is 13.6. The molecule has 2 aromatic carbocycles. The molecule has 3 atom stereocenters. The third-order valence-corrected chi connectivity index (χ3v) is 9.69. The van der Waals surface area contributed by atoms with E-state index in [1.54, 1.807) is 25.3 Å². The van der Waals surface area contributed by atoms with E-state index in [0.717, 1.165) is 52.9 Å². The maximum absolute atomic E-state index is 13.1. The van der Waals surface area contributed by atoms with E-state index in [0.29, 0.717) is 45.6 Å². The summed E-state index contributed by atoms with van der Waals surface area (Å²) in [5.74, 6) is 0.235. The van der Waals surface area contributed by atoms with Gasteiger partial charge < -0.3 is 29.8 Å². The van der Waals surface area contributed by atoms with Gasteiger partial charge in [-0.2, -0.15) is 0 Å². The molecular weight excluding hydrogens is 645 g/mol. The fourth-order valence-electron chi connectivity index (χ4n) is 6.33. The van der Waals surface area contributed by atoms with E-state index >= 15 is 0 Å². The lowest BCUT2D eigenvalue weighted by Crippen LogP contribution is -2.40. The average Bonchev–Trinajstić information content (AvgIpc) is 3.70. The number of fused-ring (bicyclic) bond motifs is 1. The quantitative estimate of drug-likeness (QED) is 0.238. The minimum absolute atomic E-state index is 0.210. The number of benzene rings is 2. The molecule has 1 aliphatic carbocycles. The zero-order chi connectivity index (χ0) is 33.4. The number of nitrogens with one attached hydrogen (secondary N) is 2. The van der Waals surface area contributed by atoms with Crippen LogP contribution in [0.1, 0.15) is 40.4 Å². The summed E-state index contributed by atoms with van der Waals surface area (Å²) in [5.41, 5.74) is 2.91. The first-order valence-corrected chi connectivity index (χ1v) is 16.1. The third-order valence-electron chi connectivity index (χ3n) is 8.87. The van der Waals surface area contributed by atoms with E-state index in [4.69, 9.17) is 37.7 Å². The van der Waals surface area contributed by atoms with Gasteiger partial charge in [0.2, 0.25) is 5.88 Å². The van der Waals surface area contributed by atoms with Crippen molar-refractivity contribution in [1.82, 2.24) is 19.4 Å². The Morgan fingerprint density at radius 2 is 1.83 bits per heavy atom. The molecule has 0 bridgehead atoms. The fourth-order valence-corrected chi connectivity index (χ4v) is 6.93. The Morgan fingerprint density at radius 3 is 2.55 bits per heavy atom. The van der Waals surface area contributed by atoms with Crippen molar-refractivity contribution in [2.24, 2.45) is 20.0 Å². The minimum atomic E-state index is -0.723. The van der Waals surface area contributed by atoms with Gasteiger partial charge >= 0.3 is 5.69 Å². The van der Waals surface area contributed by atoms with Crippen molar-refractivity contribution < 1.29 is 19.4 Å². The van der Waals surface area contributed by atoms with Crippen LogP contribution in [0.3, 0.4) is 0 Å². The van der Waals surface area contributed by atoms with Crippen LogP contribution < -0.4 is 26.6 Å². The van der Waals surface area contributed by atoms with Crippen molar-refractivity contribution in [3.05, 3.63) is 96.2 Å². The molecule has 6 rings (SSSR count). The molecule has 1 fully saturated rings. The molecule has 1 amide bonds. The lowest BCUT2D eigenvalue weighted by Gasteiger charge is -2.20. The zero-order valence-corrected chi connectivity index (χ0v) is 27.7. The molecule has 0 saturated carbocycles. The number of carbonyl (C=O) groups is 1. The van der Waals surface area contributed by atoms with Crippen molar-refractivity contribution in [1.29, 1.82) is 0 Å². The third kappa shape index (κ3) is 6.33. The highest BCUT2D eigenvalue weighted by Gasteiger charge is 2.35. The predicted octanol–water partition coefficient (Wildman–Crippen LogP) is 4.36. The number of methoxy groups -OCH3 is 1. The highest BCUT2D eigenvalue weighted by atomic mass is 35.5. The summed E-state index contributed by atoms with van der Waals surface area (Å²) in [4.78, 5) is 42.6. The van der Waals surface area contributed by atoms with Gasteiger partial charge in [-0.25, -0.2) is 9.78 Å². The van der Waals surface area contributed by atoms with Crippen LogP contribution in [0.4, 0.5) is 5.69 Å². The van der Waals surface area contributed by atoms with Gasteiger partial charge in [0.15, 0.2) is 0 Å². The number of amides is 1. The normalized spacial score (nSPS) is 18.7. The van der Waals surface area contributed by atoms with Crippen LogP contribution in [0.15, 0.2) is 58.3 Å². The van der Waals surface area contributed by atoms with Gasteiger partial charge in [-0.3, -0.25) is 14.2 Å². The Balaban J connectivity index is 1.29. The SMILES string of the molecule is COc1nc(-c2cccc(-c3cccc(NC(=O)c4cn(C)c(=O)n(C)c4=O)c3Cl)c2Cl)cc2c1[C@@H](NCC[C@H]1CCOC1)[C@@H](O)C2. The molecule has 246 valence electrons. The molecule has 4 aromatic rings. The van der Waals surface area contributed by atoms with Gasteiger partial charge in [-0.15, -0.1) is 0 Å². The number of ether oxygens (including phenoxy) is 2. The monoisotopic (exact) mass is 679 g/mol. The molecule has 1 aliphatic heterocycles. The molecule has 2 aliphatic rings. The number of pyridine rings is 1. The van der Waals surface area contributed by atoms with Gasteiger partial charge in [-0.1, -0.05) is 53.5 Å². The summed E-state index contributed by atoms with van der Waals surface area (Å²) in [6.07, 6.45) is 3.03. The Bertz CT molecular complexity index is 1970. The van der Waals surface area contributed by atoms with Crippen molar-refractivity contribution in [3.63, 3.8) is 0 Å². The topological polar surface area (TPSA) is 137 Å². The maximum Gasteiger partial charge on any atom is 0.330 e. The van der Waals surface area contributed by atoms with Gasteiger partial charge in [0.1, 0.15) is 5.56 Å². The first-order valence-electron chi connectivity index (χ1n) is 15.3. The van der Waals surface area contributed by atoms with Crippen LogP contribution >= 0.6 is 23.2 Å². The molecule has 47 heavy (non-hydrogen) atoms. The van der Waals surface area contributed by atoms with E-state index in [1.165, 1.54) is 20.3 Å². The first kappa shape index (κ1) is 32.9. The van der Waals surface area contributed by atoms with Gasteiger partial charge in [0, 0.05) is 62.2 Å². The molecule has 1 saturated heterocycles. The van der Waals surface area contributed by atoms with E-state index in [1.807, 2.05) is 24.3 Å². The van der Waals surface area contributed by atoms with E-state index in [9.17, 15) is 19.5 Å². The predicted molar refractivity (Wildman–Crippen MR) is 181 cm³/mol. The summed E-state index contributed by atoms with van der Waals surface area (Å²) in [5, 5.41) is 17.8. The Morgan fingerprint density at radius 1 is 1.11 bits per heavy atom. The summed E-state index contributed by atoms with van der Waals surface area (Å²) in [6, 6.07) is 12.2. The number of aromatic nitrogens is 3. The lowest BCUT2D eigenvalue weighted by molar-refractivity contribution is 0.102. The number of nitrogens with zero attached hydrogens (tertiary/aromatic N) is 3. The molecule has 13 heteroatoms. The number of aryl methyl sites for hydroxylation is 1. The van der Waals surface area contributed by atoms with Crippen molar-refractivity contribution in [3.8, 4) is 28.3 Å². The van der Waals surface area contributed by atoms with E-state index in [-0.39, 0.29) is 22.3 Å². The standard InChI is InChI=1S/C34H35Cl2N5O6/c1-40-16-23(33(44)41(2)34(40)45)31(43)38-24-9-5-7-21(29(24)36)20-6-4-8-22(28(20)35)25-14-19-15-26(42)30(27(19)32(39-25)46-3)37-12-10-18-11-13-47-17-18/h4-9,14,16,18,26,30,37,42H,10-13,15,17H2,1-3H3,(H,38,43)/t18-,26-,30-/m0/s1. The molecular formula is C34H35Cl2N5O6. The number of aliphatic hydroxyl groups is 1. The van der Waals surface area contributed by atoms with Crippen LogP contribution in [0.25, 0.3) is 22.4 Å². The number of hydrogen-bond acceptors (Lipinski definition) is 8. The molecule has 3 heterocycles. The van der Waals surface area contributed by atoms with E-state index in [2.05, 4.69) is 10.6 Å². The van der Waals surface area contributed by atoms with Gasteiger partial charge in [0.05, 0.1) is 40.7 Å². The molecule has 0 spiro atoms. The molecule has 2 aromatic heterocycles. The maximum atomic E-state index is 13.1. The van der Waals surface area contributed by atoms with Crippen LogP contribution in [0.2, 0.25) is 10.0 Å². The van der Waals surface area contributed by atoms with Crippen LogP contribution in [0, 0.1) is 5.92 Å². The van der Waals surface area contributed by atoms with Crippen LogP contribution in [0.5, 0.6) is 5.88 Å². The lowest BCUT2D eigenvalue weighted by atomic mass is 9.99. The Hall–Kier alpha value is -4.00. The molecule has 3 N–H and O–H groups in total. The van der Waals surface area contributed by atoms with Crippen LogP contribution in [-0.2, 0) is 25.3 Å². The number of halogens is 2. The molecule has 0 unspecified atom stereocenters. The average molecular weight is 681 g/mol. The Labute approximate surface area is 281 Å². The minimum Gasteiger partial charge on any atom is -0.481 e. The summed E-state index contributed by atoms with van der Waals surface area (Å²) in [7, 11) is 4.32. The molecule has 11 nitrogen and oxygen atoms in total. The van der Waals surface area contributed by atoms with Crippen molar-refractivity contribution in [2.75, 3.05) is 32.2 Å². The van der Waals surface area contributed by atoms with Crippen molar-refractivity contribution in [2.45, 2.75) is 31.4 Å². The van der Waals surface area contributed by atoms with E-state index < -0.39 is 23.3 Å². The number of rotatable bonds is 9. The number of aliphatic hydroxyl groups excluding tert-OH is 1.